The van der Waals surface area contributed by atoms with Gasteiger partial charge in [-0.25, -0.2) is 0 Å². The second-order valence-electron chi connectivity index (χ2n) is 7.04. The van der Waals surface area contributed by atoms with Crippen molar-refractivity contribution in [3.8, 4) is 17.2 Å². The minimum Gasteiger partial charge on any atom is -0.495 e. The molecule has 0 saturated heterocycles. The number of esters is 1. The van der Waals surface area contributed by atoms with Gasteiger partial charge in [0.1, 0.15) is 17.2 Å². The lowest BCUT2D eigenvalue weighted by Gasteiger charge is -2.10. The molecule has 2 amide bonds. The molecule has 0 aliphatic rings. The van der Waals surface area contributed by atoms with Crippen LogP contribution in [0, 0.1) is 0 Å². The Kier molecular flexibility index (Phi) is 8.88. The molecule has 0 heterocycles. The van der Waals surface area contributed by atoms with Crippen LogP contribution in [0.4, 0.5) is 11.4 Å². The van der Waals surface area contributed by atoms with Crippen LogP contribution >= 0.6 is 11.6 Å². The summed E-state index contributed by atoms with van der Waals surface area (Å²) in [5.41, 5.74) is 0.921. The van der Waals surface area contributed by atoms with E-state index in [4.69, 9.17) is 25.8 Å². The molecule has 0 atom stereocenters. The van der Waals surface area contributed by atoms with E-state index in [0.717, 1.165) is 0 Å². The van der Waals surface area contributed by atoms with Gasteiger partial charge in [0, 0.05) is 17.1 Å². The van der Waals surface area contributed by atoms with Gasteiger partial charge in [0.2, 0.25) is 5.91 Å². The third-order valence-corrected chi connectivity index (χ3v) is 4.71. The number of amides is 2. The maximum Gasteiger partial charge on any atom is 0.306 e. The molecule has 3 aromatic carbocycles. The third kappa shape index (κ3) is 7.83. The highest BCUT2D eigenvalue weighted by Gasteiger charge is 2.13. The zero-order valence-electron chi connectivity index (χ0n) is 18.4. The van der Waals surface area contributed by atoms with Crippen molar-refractivity contribution in [2.45, 2.75) is 12.8 Å². The fourth-order valence-corrected chi connectivity index (χ4v) is 3.02. The molecule has 0 fully saturated rings. The van der Waals surface area contributed by atoms with Gasteiger partial charge >= 0.3 is 5.97 Å². The van der Waals surface area contributed by atoms with E-state index in [1.807, 2.05) is 30.3 Å². The Morgan fingerprint density at radius 1 is 0.824 bits per heavy atom. The molecule has 3 aromatic rings. The van der Waals surface area contributed by atoms with Gasteiger partial charge in [-0.05, 0) is 54.6 Å². The Hall–Kier alpha value is -4.04. The van der Waals surface area contributed by atoms with Crippen LogP contribution in [0.3, 0.4) is 0 Å². The summed E-state index contributed by atoms with van der Waals surface area (Å²) in [7, 11) is 1.47. The topological polar surface area (TPSA) is 103 Å². The molecule has 0 unspecified atom stereocenters. The predicted octanol–water partition coefficient (Wildman–Crippen LogP) is 5.04. The molecule has 34 heavy (non-hydrogen) atoms. The van der Waals surface area contributed by atoms with E-state index in [0.29, 0.717) is 33.6 Å². The van der Waals surface area contributed by atoms with Gasteiger partial charge in [-0.15, -0.1) is 0 Å². The van der Waals surface area contributed by atoms with Crippen LogP contribution in [-0.4, -0.2) is 31.5 Å². The van der Waals surface area contributed by atoms with Crippen molar-refractivity contribution in [3.05, 3.63) is 77.8 Å². The van der Waals surface area contributed by atoms with Crippen molar-refractivity contribution in [2.24, 2.45) is 0 Å². The van der Waals surface area contributed by atoms with Crippen molar-refractivity contribution in [1.29, 1.82) is 0 Å². The lowest BCUT2D eigenvalue weighted by molar-refractivity contribution is -0.147. The highest BCUT2D eigenvalue weighted by atomic mass is 35.5. The lowest BCUT2D eigenvalue weighted by atomic mass is 10.2. The van der Waals surface area contributed by atoms with Crippen molar-refractivity contribution in [2.75, 3.05) is 24.4 Å². The molecular weight excluding hydrogens is 460 g/mol. The number of anilines is 2. The fraction of sp³-hybridized carbons (Fsp3) is 0.160. The van der Waals surface area contributed by atoms with E-state index in [1.165, 1.54) is 7.11 Å². The number of benzene rings is 3. The molecule has 3 rings (SSSR count). The first-order chi connectivity index (χ1) is 16.4. The van der Waals surface area contributed by atoms with Gasteiger partial charge in [-0.1, -0.05) is 29.8 Å². The van der Waals surface area contributed by atoms with Gasteiger partial charge in [-0.3, -0.25) is 14.4 Å². The Morgan fingerprint density at radius 2 is 1.53 bits per heavy atom. The number of methoxy groups -OCH3 is 1. The summed E-state index contributed by atoms with van der Waals surface area (Å²) in [6, 6.07) is 20.9. The standard InChI is InChI=1S/C25H23ClN2O6/c1-32-22-12-7-17(26)15-21(22)28-23(29)13-14-25(31)33-16-24(30)27-18-8-10-20(11-9-18)34-19-5-3-2-4-6-19/h2-12,15H,13-14,16H2,1H3,(H,27,30)(H,28,29). The molecule has 0 saturated carbocycles. The Balaban J connectivity index is 1.38. The number of rotatable bonds is 10. The molecule has 9 heteroatoms. The van der Waals surface area contributed by atoms with Crippen LogP contribution < -0.4 is 20.1 Å². The van der Waals surface area contributed by atoms with Gasteiger partial charge < -0.3 is 24.8 Å². The van der Waals surface area contributed by atoms with Crippen molar-refractivity contribution in [1.82, 2.24) is 0 Å². The zero-order valence-corrected chi connectivity index (χ0v) is 19.1. The summed E-state index contributed by atoms with van der Waals surface area (Å²) >= 11 is 5.93. The highest BCUT2D eigenvalue weighted by molar-refractivity contribution is 6.31. The smallest absolute Gasteiger partial charge is 0.306 e. The first-order valence-corrected chi connectivity index (χ1v) is 10.7. The molecule has 8 nitrogen and oxygen atoms in total. The number of ether oxygens (including phenoxy) is 3. The number of halogens is 1. The molecule has 0 aliphatic carbocycles. The second-order valence-corrected chi connectivity index (χ2v) is 7.48. The highest BCUT2D eigenvalue weighted by Crippen LogP contribution is 2.28. The number of nitrogens with one attached hydrogen (secondary N) is 2. The maximum atomic E-state index is 12.1. The molecule has 176 valence electrons. The molecule has 0 aliphatic heterocycles. The van der Waals surface area contributed by atoms with Crippen molar-refractivity contribution >= 4 is 40.8 Å². The first-order valence-electron chi connectivity index (χ1n) is 10.3. The Bertz CT molecular complexity index is 1140. The summed E-state index contributed by atoms with van der Waals surface area (Å²) in [5, 5.41) is 5.69. The summed E-state index contributed by atoms with van der Waals surface area (Å²) in [4.78, 5) is 36.1. The monoisotopic (exact) mass is 482 g/mol. The summed E-state index contributed by atoms with van der Waals surface area (Å²) in [6.07, 6.45) is -0.313. The van der Waals surface area contributed by atoms with E-state index in [-0.39, 0.29) is 12.8 Å². The maximum absolute atomic E-state index is 12.1. The van der Waals surface area contributed by atoms with Crippen LogP contribution in [-0.2, 0) is 19.1 Å². The largest absolute Gasteiger partial charge is 0.495 e. The Labute approximate surface area is 201 Å². The van der Waals surface area contributed by atoms with Crippen molar-refractivity contribution < 1.29 is 28.6 Å². The SMILES string of the molecule is COc1ccc(Cl)cc1NC(=O)CCC(=O)OCC(=O)Nc1ccc(Oc2ccccc2)cc1. The minimum absolute atomic E-state index is 0.126. The predicted molar refractivity (Wildman–Crippen MR) is 128 cm³/mol. The van der Waals surface area contributed by atoms with Gasteiger partial charge in [0.15, 0.2) is 6.61 Å². The number of para-hydroxylation sites is 1. The number of carbonyl (C=O) groups excluding carboxylic acids is 3. The normalized spacial score (nSPS) is 10.2. The third-order valence-electron chi connectivity index (χ3n) is 4.47. The van der Waals surface area contributed by atoms with Crippen LogP contribution in [0.25, 0.3) is 0 Å². The number of carbonyl (C=O) groups is 3. The molecule has 0 radical (unpaired) electrons. The minimum atomic E-state index is -0.671. The van der Waals surface area contributed by atoms with E-state index in [9.17, 15) is 14.4 Å². The molecule has 0 bridgehead atoms. The number of hydrogen-bond acceptors (Lipinski definition) is 6. The van der Waals surface area contributed by atoms with E-state index >= 15 is 0 Å². The lowest BCUT2D eigenvalue weighted by Crippen LogP contribution is -2.21. The average molecular weight is 483 g/mol. The zero-order chi connectivity index (χ0) is 24.3. The summed E-state index contributed by atoms with van der Waals surface area (Å²) < 4.78 is 15.8. The molecular formula is C25H23ClN2O6. The van der Waals surface area contributed by atoms with Crippen LogP contribution in [0.2, 0.25) is 5.02 Å². The summed E-state index contributed by atoms with van der Waals surface area (Å²) in [5.74, 6) is 0.167. The molecule has 2 N–H and O–H groups in total. The average Bonchev–Trinajstić information content (AvgIpc) is 2.83. The number of hydrogen-bond donors (Lipinski definition) is 2. The first kappa shape index (κ1) is 24.6. The molecule has 0 aromatic heterocycles. The Morgan fingerprint density at radius 3 is 2.24 bits per heavy atom. The van der Waals surface area contributed by atoms with Crippen LogP contribution in [0.5, 0.6) is 17.2 Å². The van der Waals surface area contributed by atoms with Gasteiger partial charge in [-0.2, -0.15) is 0 Å². The van der Waals surface area contributed by atoms with E-state index in [1.54, 1.807) is 42.5 Å². The van der Waals surface area contributed by atoms with Crippen LogP contribution in [0.1, 0.15) is 12.8 Å². The van der Waals surface area contributed by atoms with E-state index in [2.05, 4.69) is 10.6 Å². The molecule has 0 spiro atoms. The van der Waals surface area contributed by atoms with Crippen LogP contribution in [0.15, 0.2) is 72.8 Å². The van der Waals surface area contributed by atoms with E-state index < -0.39 is 24.4 Å². The fourth-order valence-electron chi connectivity index (χ4n) is 2.85. The van der Waals surface area contributed by atoms with Gasteiger partial charge in [0.05, 0.1) is 19.2 Å². The summed E-state index contributed by atoms with van der Waals surface area (Å²) in [6.45, 7) is -0.467. The van der Waals surface area contributed by atoms with Crippen molar-refractivity contribution in [3.63, 3.8) is 0 Å². The second kappa shape index (κ2) is 12.3. The van der Waals surface area contributed by atoms with Gasteiger partial charge in [0.25, 0.3) is 5.91 Å². The quantitative estimate of drug-likeness (QED) is 0.392.